The first-order chi connectivity index (χ1) is 15.5. The number of hydrogen-bond donors (Lipinski definition) is 6. The topological polar surface area (TPSA) is 179 Å². The number of amides is 3. The van der Waals surface area contributed by atoms with Gasteiger partial charge < -0.3 is 31.8 Å². The van der Waals surface area contributed by atoms with E-state index in [0.717, 1.165) is 0 Å². The van der Waals surface area contributed by atoms with Gasteiger partial charge in [-0.1, -0.05) is 27.7 Å². The quantitative estimate of drug-likeness (QED) is 0.211. The predicted octanol–water partition coefficient (Wildman–Crippen LogP) is -0.116. The monoisotopic (exact) mass is 484 g/mol. The van der Waals surface area contributed by atoms with E-state index in [4.69, 9.17) is 5.73 Å². The molecule has 0 spiro atoms. The Hall–Kier alpha value is -2.60. The van der Waals surface area contributed by atoms with Gasteiger partial charge in [0.15, 0.2) is 0 Å². The minimum Gasteiger partial charge on any atom is -0.480 e. The lowest BCUT2D eigenvalue weighted by molar-refractivity contribution is -0.142. The van der Waals surface area contributed by atoms with Gasteiger partial charge in [-0.25, -0.2) is 9.78 Å². The number of aromatic nitrogens is 2. The van der Waals surface area contributed by atoms with Crippen LogP contribution >= 0.6 is 11.8 Å². The zero-order valence-corrected chi connectivity index (χ0v) is 20.6. The van der Waals surface area contributed by atoms with E-state index in [9.17, 15) is 24.3 Å². The number of nitrogens with zero attached hydrogens (tertiary/aromatic N) is 1. The Morgan fingerprint density at radius 2 is 1.67 bits per heavy atom. The Bertz CT molecular complexity index is 786. The number of imidazole rings is 1. The summed E-state index contributed by atoms with van der Waals surface area (Å²) in [7, 11) is 0. The van der Waals surface area contributed by atoms with Crippen LogP contribution in [0.15, 0.2) is 12.5 Å². The third kappa shape index (κ3) is 9.42. The Labute approximate surface area is 198 Å². The van der Waals surface area contributed by atoms with Crippen LogP contribution in [0.1, 0.15) is 39.8 Å². The van der Waals surface area contributed by atoms with E-state index >= 15 is 0 Å². The zero-order chi connectivity index (χ0) is 25.1. The van der Waals surface area contributed by atoms with E-state index in [2.05, 4.69) is 25.9 Å². The number of nitrogens with two attached hydrogens (primary N) is 1. The predicted molar refractivity (Wildman–Crippen MR) is 126 cm³/mol. The number of H-pyrrole nitrogens is 1. The van der Waals surface area contributed by atoms with Crippen LogP contribution in [0.4, 0.5) is 0 Å². The van der Waals surface area contributed by atoms with Crippen molar-refractivity contribution in [3.8, 4) is 0 Å². The van der Waals surface area contributed by atoms with Crippen molar-refractivity contribution >= 4 is 35.5 Å². The highest BCUT2D eigenvalue weighted by Gasteiger charge is 2.32. The van der Waals surface area contributed by atoms with Crippen molar-refractivity contribution in [1.82, 2.24) is 25.9 Å². The molecule has 3 amide bonds. The average molecular weight is 485 g/mol. The van der Waals surface area contributed by atoms with Crippen LogP contribution in [-0.4, -0.2) is 74.9 Å². The van der Waals surface area contributed by atoms with Crippen LogP contribution in [0, 0.1) is 11.8 Å². The summed E-state index contributed by atoms with van der Waals surface area (Å²) in [5.41, 5.74) is 6.44. The van der Waals surface area contributed by atoms with Gasteiger partial charge in [0.1, 0.15) is 18.1 Å². The molecular weight excluding hydrogens is 448 g/mol. The molecule has 7 N–H and O–H groups in total. The summed E-state index contributed by atoms with van der Waals surface area (Å²) in [6.45, 7) is 7.15. The number of carbonyl (C=O) groups is 4. The fraction of sp³-hybridized carbons (Fsp3) is 0.667. The number of carbonyl (C=O) groups excluding carboxylic acids is 3. The molecule has 4 atom stereocenters. The largest absolute Gasteiger partial charge is 0.480 e. The van der Waals surface area contributed by atoms with Gasteiger partial charge in [-0.3, -0.25) is 14.4 Å². The van der Waals surface area contributed by atoms with Crippen LogP contribution in [0.3, 0.4) is 0 Å². The van der Waals surface area contributed by atoms with Gasteiger partial charge in [0, 0.05) is 18.3 Å². The smallest absolute Gasteiger partial charge is 0.326 e. The minimum absolute atomic E-state index is 0.0159. The summed E-state index contributed by atoms with van der Waals surface area (Å²) in [6, 6.07) is -3.83. The molecule has 0 saturated heterocycles. The Morgan fingerprint density at radius 1 is 1.03 bits per heavy atom. The maximum absolute atomic E-state index is 13.0. The molecule has 0 saturated carbocycles. The summed E-state index contributed by atoms with van der Waals surface area (Å²) in [5, 5.41) is 17.4. The van der Waals surface area contributed by atoms with Gasteiger partial charge in [0.05, 0.1) is 12.4 Å². The maximum atomic E-state index is 13.0. The molecule has 1 aromatic rings. The summed E-state index contributed by atoms with van der Waals surface area (Å²) in [5.74, 6) is -2.60. The van der Waals surface area contributed by atoms with Crippen molar-refractivity contribution in [3.05, 3.63) is 18.2 Å². The fourth-order valence-corrected chi connectivity index (χ4v) is 3.41. The van der Waals surface area contributed by atoms with E-state index < -0.39 is 47.9 Å². The van der Waals surface area contributed by atoms with Gasteiger partial charge in [-0.2, -0.15) is 11.8 Å². The van der Waals surface area contributed by atoms with E-state index in [1.165, 1.54) is 24.3 Å². The first-order valence-electron chi connectivity index (χ1n) is 10.8. The second kappa shape index (κ2) is 13.8. The normalized spacial score (nSPS) is 14.9. The molecule has 1 heterocycles. The third-order valence-corrected chi connectivity index (χ3v) is 5.75. The molecule has 33 heavy (non-hydrogen) atoms. The fourth-order valence-electron chi connectivity index (χ4n) is 2.94. The average Bonchev–Trinajstić information content (AvgIpc) is 3.26. The molecule has 0 fully saturated rings. The standard InChI is InChI=1S/C21H36N6O5S/c1-11(2)16(22)19(29)27-17(12(3)4)20(30)25-14(6-7-33-5)18(28)26-15(21(31)32)8-13-9-23-10-24-13/h9-12,14-17H,6-8,22H2,1-5H3,(H,23,24)(H,25,30)(H,26,28)(H,27,29)(H,31,32). The Kier molecular flexibility index (Phi) is 11.9. The van der Waals surface area contributed by atoms with Gasteiger partial charge >= 0.3 is 5.97 Å². The Balaban J connectivity index is 2.93. The van der Waals surface area contributed by atoms with Crippen LogP contribution in [-0.2, 0) is 25.6 Å². The molecule has 0 radical (unpaired) electrons. The molecule has 0 aromatic carbocycles. The second-order valence-electron chi connectivity index (χ2n) is 8.52. The van der Waals surface area contributed by atoms with Crippen molar-refractivity contribution in [3.63, 3.8) is 0 Å². The molecule has 0 bridgehead atoms. The molecule has 4 unspecified atom stereocenters. The number of aromatic amines is 1. The molecule has 1 rings (SSSR count). The number of carboxylic acid groups (broad SMARTS) is 1. The maximum Gasteiger partial charge on any atom is 0.326 e. The molecule has 0 aliphatic heterocycles. The number of rotatable bonds is 14. The lowest BCUT2D eigenvalue weighted by Crippen LogP contribution is -2.59. The number of nitrogens with one attached hydrogen (secondary N) is 4. The van der Waals surface area contributed by atoms with Crippen molar-refractivity contribution in [2.24, 2.45) is 17.6 Å². The molecular formula is C21H36N6O5S. The van der Waals surface area contributed by atoms with Gasteiger partial charge in [0.2, 0.25) is 17.7 Å². The summed E-state index contributed by atoms with van der Waals surface area (Å²) >= 11 is 1.49. The number of carboxylic acids is 1. The van der Waals surface area contributed by atoms with Crippen molar-refractivity contribution < 1.29 is 24.3 Å². The Morgan fingerprint density at radius 3 is 2.15 bits per heavy atom. The SMILES string of the molecule is CSCCC(NC(=O)C(NC(=O)C(N)C(C)C)C(C)C)C(=O)NC(Cc1cnc[nH]1)C(=O)O. The summed E-state index contributed by atoms with van der Waals surface area (Å²) < 4.78 is 0. The third-order valence-electron chi connectivity index (χ3n) is 5.10. The van der Waals surface area contributed by atoms with Gasteiger partial charge in [-0.05, 0) is 30.3 Å². The van der Waals surface area contributed by atoms with Crippen molar-refractivity contribution in [2.45, 2.75) is 64.7 Å². The van der Waals surface area contributed by atoms with Crippen LogP contribution in [0.2, 0.25) is 0 Å². The lowest BCUT2D eigenvalue weighted by Gasteiger charge is -2.27. The van der Waals surface area contributed by atoms with Crippen molar-refractivity contribution in [1.29, 1.82) is 0 Å². The molecule has 0 aliphatic carbocycles. The molecule has 186 valence electrons. The van der Waals surface area contributed by atoms with Crippen molar-refractivity contribution in [2.75, 3.05) is 12.0 Å². The number of aliphatic carboxylic acids is 1. The molecule has 11 nitrogen and oxygen atoms in total. The van der Waals surface area contributed by atoms with E-state index in [1.807, 2.05) is 6.26 Å². The van der Waals surface area contributed by atoms with E-state index in [-0.39, 0.29) is 18.3 Å². The highest BCUT2D eigenvalue weighted by Crippen LogP contribution is 2.08. The van der Waals surface area contributed by atoms with Gasteiger partial charge in [-0.15, -0.1) is 0 Å². The van der Waals surface area contributed by atoms with Gasteiger partial charge in [0.25, 0.3) is 0 Å². The lowest BCUT2D eigenvalue weighted by atomic mass is 10.00. The van der Waals surface area contributed by atoms with Crippen LogP contribution in [0.25, 0.3) is 0 Å². The molecule has 12 heteroatoms. The number of hydrogen-bond acceptors (Lipinski definition) is 7. The van der Waals surface area contributed by atoms with E-state index in [0.29, 0.717) is 17.9 Å². The number of thioether (sulfide) groups is 1. The molecule has 0 aliphatic rings. The summed E-state index contributed by atoms with van der Waals surface area (Å²) in [6.07, 6.45) is 5.07. The minimum atomic E-state index is -1.21. The first kappa shape index (κ1) is 28.4. The first-order valence-corrected chi connectivity index (χ1v) is 12.2. The van der Waals surface area contributed by atoms with E-state index in [1.54, 1.807) is 27.7 Å². The second-order valence-corrected chi connectivity index (χ2v) is 9.51. The van der Waals surface area contributed by atoms with Crippen LogP contribution in [0.5, 0.6) is 0 Å². The summed E-state index contributed by atoms with van der Waals surface area (Å²) in [4.78, 5) is 56.6. The highest BCUT2D eigenvalue weighted by molar-refractivity contribution is 7.98. The highest BCUT2D eigenvalue weighted by atomic mass is 32.2. The zero-order valence-electron chi connectivity index (χ0n) is 19.8. The molecule has 1 aromatic heterocycles. The van der Waals surface area contributed by atoms with Crippen LogP contribution < -0.4 is 21.7 Å².